The van der Waals surface area contributed by atoms with E-state index in [-0.39, 0.29) is 0 Å². The molecule has 0 spiro atoms. The van der Waals surface area contributed by atoms with Crippen LogP contribution in [-0.4, -0.2) is 58.3 Å². The first-order chi connectivity index (χ1) is 10.2. The van der Waals surface area contributed by atoms with Gasteiger partial charge in [0.05, 0.1) is 12.6 Å². The van der Waals surface area contributed by atoms with Crippen LogP contribution in [0.25, 0.3) is 0 Å². The van der Waals surface area contributed by atoms with Crippen molar-refractivity contribution in [3.8, 4) is 0 Å². The van der Waals surface area contributed by atoms with E-state index in [0.29, 0.717) is 6.04 Å². The summed E-state index contributed by atoms with van der Waals surface area (Å²) < 4.78 is 5.06. The summed E-state index contributed by atoms with van der Waals surface area (Å²) in [5, 5.41) is 8.74. The van der Waals surface area contributed by atoms with Gasteiger partial charge in [-0.2, -0.15) is 0 Å². The third-order valence-electron chi connectivity index (χ3n) is 3.08. The van der Waals surface area contributed by atoms with Crippen molar-refractivity contribution in [3.05, 3.63) is 22.4 Å². The summed E-state index contributed by atoms with van der Waals surface area (Å²) in [6.07, 6.45) is 0.975. The van der Waals surface area contributed by atoms with E-state index in [1.165, 1.54) is 4.88 Å². The van der Waals surface area contributed by atoms with Crippen molar-refractivity contribution >= 4 is 17.3 Å². The Balaban J connectivity index is 2.57. The van der Waals surface area contributed by atoms with Gasteiger partial charge in [-0.25, -0.2) is 0 Å². The fourth-order valence-corrected chi connectivity index (χ4v) is 2.85. The van der Waals surface area contributed by atoms with Crippen LogP contribution in [0.1, 0.15) is 24.3 Å². The molecule has 1 unspecified atom stereocenters. The largest absolute Gasteiger partial charge is 0.385 e. The minimum Gasteiger partial charge on any atom is -0.385 e. The molecular weight excluding hydrogens is 284 g/mol. The van der Waals surface area contributed by atoms with Crippen LogP contribution in [0.4, 0.5) is 0 Å². The van der Waals surface area contributed by atoms with Crippen LogP contribution in [0, 0.1) is 0 Å². The zero-order valence-electron chi connectivity index (χ0n) is 13.6. The van der Waals surface area contributed by atoms with Gasteiger partial charge in [0.25, 0.3) is 0 Å². The lowest BCUT2D eigenvalue weighted by Gasteiger charge is -2.22. The molecule has 0 aliphatic heterocycles. The Labute approximate surface area is 132 Å². The van der Waals surface area contributed by atoms with Crippen LogP contribution in [0.2, 0.25) is 0 Å². The molecule has 0 bridgehead atoms. The van der Waals surface area contributed by atoms with Gasteiger partial charge in [0.15, 0.2) is 5.96 Å². The number of guanidine groups is 1. The highest BCUT2D eigenvalue weighted by Gasteiger charge is 2.14. The number of rotatable bonds is 9. The molecule has 120 valence electrons. The maximum atomic E-state index is 5.06. The number of aliphatic imine (C=N–C) groups is 1. The molecule has 1 heterocycles. The predicted molar refractivity (Wildman–Crippen MR) is 91.2 cm³/mol. The van der Waals surface area contributed by atoms with Gasteiger partial charge in [-0.15, -0.1) is 11.3 Å². The molecule has 0 amide bonds. The van der Waals surface area contributed by atoms with Crippen molar-refractivity contribution in [2.75, 3.05) is 47.4 Å². The maximum Gasteiger partial charge on any atom is 0.191 e. The second-order valence-corrected chi connectivity index (χ2v) is 5.97. The van der Waals surface area contributed by atoms with Crippen molar-refractivity contribution < 1.29 is 4.74 Å². The fourth-order valence-electron chi connectivity index (χ4n) is 1.93. The number of hydrogen-bond donors (Lipinski definition) is 2. The number of thiophene rings is 1. The molecule has 0 aliphatic carbocycles. The van der Waals surface area contributed by atoms with Crippen LogP contribution in [0.5, 0.6) is 0 Å². The summed E-state index contributed by atoms with van der Waals surface area (Å²) in [4.78, 5) is 8.27. The lowest BCUT2D eigenvalue weighted by molar-refractivity contribution is 0.195. The molecule has 1 aromatic heterocycles. The van der Waals surface area contributed by atoms with Gasteiger partial charge in [-0.05, 0) is 38.9 Å². The van der Waals surface area contributed by atoms with Crippen molar-refractivity contribution in [3.63, 3.8) is 0 Å². The van der Waals surface area contributed by atoms with Gasteiger partial charge in [0.2, 0.25) is 0 Å². The summed E-state index contributed by atoms with van der Waals surface area (Å²) in [5.74, 6) is 0.872. The number of methoxy groups -OCH3 is 1. The number of nitrogens with zero attached hydrogens (tertiary/aromatic N) is 2. The molecule has 1 atom stereocenters. The third kappa shape index (κ3) is 6.93. The van der Waals surface area contributed by atoms with Crippen LogP contribution >= 0.6 is 11.3 Å². The van der Waals surface area contributed by atoms with Gasteiger partial charge in [-0.1, -0.05) is 6.07 Å². The Kier molecular flexibility index (Phi) is 9.05. The highest BCUT2D eigenvalue weighted by atomic mass is 32.1. The molecule has 0 fully saturated rings. The van der Waals surface area contributed by atoms with Crippen molar-refractivity contribution in [2.45, 2.75) is 19.4 Å². The fraction of sp³-hybridized carbons (Fsp3) is 0.667. The molecule has 0 saturated carbocycles. The van der Waals surface area contributed by atoms with Gasteiger partial charge in [0, 0.05) is 31.7 Å². The Hall–Kier alpha value is -1.11. The van der Waals surface area contributed by atoms with Gasteiger partial charge in [-0.3, -0.25) is 4.99 Å². The summed E-state index contributed by atoms with van der Waals surface area (Å²) in [7, 11) is 5.92. The molecule has 1 rings (SSSR count). The summed E-state index contributed by atoms with van der Waals surface area (Å²) in [5.41, 5.74) is 0. The Morgan fingerprint density at radius 1 is 1.43 bits per heavy atom. The smallest absolute Gasteiger partial charge is 0.191 e. The molecule has 0 radical (unpaired) electrons. The molecule has 0 aliphatic rings. The predicted octanol–water partition coefficient (Wildman–Crippen LogP) is 1.94. The Bertz CT molecular complexity index is 392. The first-order valence-corrected chi connectivity index (χ1v) is 8.28. The zero-order chi connectivity index (χ0) is 15.5. The van der Waals surface area contributed by atoms with E-state index in [2.05, 4.69) is 54.1 Å². The molecule has 6 heteroatoms. The van der Waals surface area contributed by atoms with Crippen LogP contribution < -0.4 is 10.6 Å². The Morgan fingerprint density at radius 2 is 2.24 bits per heavy atom. The minimum atomic E-state index is 0.319. The maximum absolute atomic E-state index is 5.06. The molecule has 5 nitrogen and oxygen atoms in total. The summed E-state index contributed by atoms with van der Waals surface area (Å²) in [6, 6.07) is 4.58. The van der Waals surface area contributed by atoms with E-state index in [1.807, 2.05) is 0 Å². The number of ether oxygens (including phenoxy) is 1. The topological polar surface area (TPSA) is 48.9 Å². The Morgan fingerprint density at radius 3 is 2.81 bits per heavy atom. The average molecular weight is 312 g/mol. The monoisotopic (exact) mass is 312 g/mol. The third-order valence-corrected chi connectivity index (χ3v) is 4.05. The van der Waals surface area contributed by atoms with Gasteiger partial charge >= 0.3 is 0 Å². The number of nitrogens with one attached hydrogen (secondary N) is 2. The number of likely N-dealkylation sites (N-methyl/N-ethyl adjacent to an activating group) is 1. The summed E-state index contributed by atoms with van der Waals surface area (Å²) >= 11 is 1.78. The second kappa shape index (κ2) is 10.6. The minimum absolute atomic E-state index is 0.319. The van der Waals surface area contributed by atoms with E-state index >= 15 is 0 Å². The van der Waals surface area contributed by atoms with Crippen molar-refractivity contribution in [1.82, 2.24) is 15.5 Å². The highest BCUT2D eigenvalue weighted by Crippen LogP contribution is 2.23. The standard InChI is InChI=1S/C15H28N4OS/c1-5-16-15(17-9-7-10-20-4)18-12-13(19(2)3)14-8-6-11-21-14/h6,8,11,13H,5,7,9-10,12H2,1-4H3,(H2,16,17,18). The lowest BCUT2D eigenvalue weighted by Crippen LogP contribution is -2.38. The van der Waals surface area contributed by atoms with Gasteiger partial charge in [0.1, 0.15) is 0 Å². The second-order valence-electron chi connectivity index (χ2n) is 4.99. The highest BCUT2D eigenvalue weighted by molar-refractivity contribution is 7.10. The van der Waals surface area contributed by atoms with Gasteiger partial charge < -0.3 is 20.3 Å². The number of hydrogen-bond acceptors (Lipinski definition) is 4. The van der Waals surface area contributed by atoms with Crippen molar-refractivity contribution in [1.29, 1.82) is 0 Å². The molecule has 1 aromatic rings. The van der Waals surface area contributed by atoms with E-state index in [0.717, 1.165) is 38.6 Å². The molecule has 2 N–H and O–H groups in total. The first-order valence-electron chi connectivity index (χ1n) is 7.40. The quantitative estimate of drug-likeness (QED) is 0.416. The summed E-state index contributed by atoms with van der Waals surface area (Å²) in [6.45, 7) is 5.32. The van der Waals surface area contributed by atoms with Crippen LogP contribution in [0.3, 0.4) is 0 Å². The normalized spacial score (nSPS) is 13.5. The van der Waals surface area contributed by atoms with E-state index in [9.17, 15) is 0 Å². The van der Waals surface area contributed by atoms with E-state index < -0.39 is 0 Å². The molecular formula is C15H28N4OS. The van der Waals surface area contributed by atoms with E-state index in [4.69, 9.17) is 9.73 Å². The van der Waals surface area contributed by atoms with Crippen LogP contribution in [0.15, 0.2) is 22.5 Å². The van der Waals surface area contributed by atoms with Crippen molar-refractivity contribution in [2.24, 2.45) is 4.99 Å². The average Bonchev–Trinajstić information content (AvgIpc) is 2.97. The molecule has 21 heavy (non-hydrogen) atoms. The molecule has 0 saturated heterocycles. The van der Waals surface area contributed by atoms with Crippen LogP contribution in [-0.2, 0) is 4.74 Å². The first kappa shape index (κ1) is 17.9. The molecule has 0 aromatic carbocycles. The lowest BCUT2D eigenvalue weighted by atomic mass is 10.2. The zero-order valence-corrected chi connectivity index (χ0v) is 14.4. The SMILES string of the molecule is CCNC(=NCC(c1cccs1)N(C)C)NCCCOC. The van der Waals surface area contributed by atoms with E-state index in [1.54, 1.807) is 18.4 Å².